The van der Waals surface area contributed by atoms with Gasteiger partial charge in [0, 0.05) is 5.56 Å². The lowest BCUT2D eigenvalue weighted by atomic mass is 10.00. The Kier molecular flexibility index (Phi) is 5.40. The molecule has 19 heavy (non-hydrogen) atoms. The van der Waals surface area contributed by atoms with Gasteiger partial charge in [-0.1, -0.05) is 25.1 Å². The summed E-state index contributed by atoms with van der Waals surface area (Å²) in [5.41, 5.74) is 0.412. The number of hydrogen-bond acceptors (Lipinski definition) is 3. The van der Waals surface area contributed by atoms with Crippen molar-refractivity contribution in [3.05, 3.63) is 29.8 Å². The second-order valence-corrected chi connectivity index (χ2v) is 5.64. The molecule has 0 spiro atoms. The highest BCUT2D eigenvalue weighted by atomic mass is 16.6. The maximum absolute atomic E-state index is 12.1. The largest absolute Gasteiger partial charge is 0.493 e. The molecule has 1 unspecified atom stereocenters. The molecular formula is C16H24O3. The first-order valence-corrected chi connectivity index (χ1v) is 6.79. The van der Waals surface area contributed by atoms with E-state index < -0.39 is 5.60 Å². The van der Waals surface area contributed by atoms with Crippen molar-refractivity contribution >= 4 is 5.97 Å². The number of carbonyl (C=O) groups excluding carboxylic acids is 1. The molecule has 0 N–H and O–H groups in total. The average molecular weight is 264 g/mol. The average Bonchev–Trinajstić information content (AvgIpc) is 2.33. The van der Waals surface area contributed by atoms with Crippen LogP contribution in [-0.4, -0.2) is 18.2 Å². The van der Waals surface area contributed by atoms with Crippen LogP contribution in [0.5, 0.6) is 5.75 Å². The van der Waals surface area contributed by atoms with E-state index in [1.54, 1.807) is 0 Å². The third-order valence-electron chi connectivity index (χ3n) is 2.61. The molecule has 1 aromatic rings. The first-order chi connectivity index (χ1) is 8.85. The fraction of sp³-hybridized carbons (Fsp3) is 0.562. The number of hydrogen-bond donors (Lipinski definition) is 0. The van der Waals surface area contributed by atoms with E-state index >= 15 is 0 Å². The second kappa shape index (κ2) is 6.60. The van der Waals surface area contributed by atoms with Gasteiger partial charge in [0.2, 0.25) is 0 Å². The molecule has 106 valence electrons. The van der Waals surface area contributed by atoms with Crippen LogP contribution in [0.25, 0.3) is 0 Å². The maximum Gasteiger partial charge on any atom is 0.313 e. The van der Waals surface area contributed by atoms with Crippen molar-refractivity contribution in [2.24, 2.45) is 0 Å². The van der Waals surface area contributed by atoms with Gasteiger partial charge in [0.25, 0.3) is 0 Å². The first kappa shape index (κ1) is 15.5. The van der Waals surface area contributed by atoms with Crippen molar-refractivity contribution in [1.29, 1.82) is 0 Å². The Bertz CT molecular complexity index is 418. The van der Waals surface area contributed by atoms with Crippen LogP contribution >= 0.6 is 0 Å². The van der Waals surface area contributed by atoms with Crippen LogP contribution in [0.15, 0.2) is 24.3 Å². The van der Waals surface area contributed by atoms with E-state index in [1.165, 1.54) is 0 Å². The van der Waals surface area contributed by atoms with Crippen molar-refractivity contribution in [3.8, 4) is 5.75 Å². The van der Waals surface area contributed by atoms with Crippen LogP contribution in [0.4, 0.5) is 0 Å². The van der Waals surface area contributed by atoms with Gasteiger partial charge >= 0.3 is 5.97 Å². The molecular weight excluding hydrogens is 240 g/mol. The smallest absolute Gasteiger partial charge is 0.313 e. The van der Waals surface area contributed by atoms with E-state index in [2.05, 4.69) is 6.92 Å². The number of esters is 1. The molecule has 0 amide bonds. The first-order valence-electron chi connectivity index (χ1n) is 6.79. The summed E-state index contributed by atoms with van der Waals surface area (Å²) in [6, 6.07) is 7.64. The fourth-order valence-electron chi connectivity index (χ4n) is 1.70. The lowest BCUT2D eigenvalue weighted by Crippen LogP contribution is -2.27. The number of para-hydroxylation sites is 1. The molecule has 0 aliphatic carbocycles. The number of rotatable bonds is 5. The van der Waals surface area contributed by atoms with Crippen LogP contribution in [0, 0.1) is 0 Å². The second-order valence-electron chi connectivity index (χ2n) is 5.64. The summed E-state index contributed by atoms with van der Waals surface area (Å²) < 4.78 is 11.1. The molecule has 0 radical (unpaired) electrons. The molecule has 0 aromatic heterocycles. The highest BCUT2D eigenvalue weighted by molar-refractivity contribution is 5.79. The standard InChI is InChI=1S/C16H24O3/c1-6-11-18-14-10-8-7-9-13(14)12(2)15(17)19-16(3,4)5/h7-10,12H,6,11H2,1-5H3. The quantitative estimate of drug-likeness (QED) is 0.756. The number of benzene rings is 1. The van der Waals surface area contributed by atoms with Crippen LogP contribution in [0.2, 0.25) is 0 Å². The van der Waals surface area contributed by atoms with Gasteiger partial charge in [0.05, 0.1) is 12.5 Å². The highest BCUT2D eigenvalue weighted by Gasteiger charge is 2.24. The Morgan fingerprint density at radius 3 is 2.47 bits per heavy atom. The minimum absolute atomic E-state index is 0.222. The Morgan fingerprint density at radius 1 is 1.26 bits per heavy atom. The zero-order chi connectivity index (χ0) is 14.5. The summed E-state index contributed by atoms with van der Waals surface area (Å²) in [4.78, 5) is 12.1. The summed E-state index contributed by atoms with van der Waals surface area (Å²) >= 11 is 0. The van der Waals surface area contributed by atoms with Gasteiger partial charge in [-0.05, 0) is 40.2 Å². The van der Waals surface area contributed by atoms with Crippen LogP contribution in [0.3, 0.4) is 0 Å². The number of carbonyl (C=O) groups is 1. The van der Waals surface area contributed by atoms with Gasteiger partial charge in [-0.3, -0.25) is 4.79 Å². The van der Waals surface area contributed by atoms with Crippen LogP contribution < -0.4 is 4.74 Å². The third kappa shape index (κ3) is 4.93. The molecule has 1 aromatic carbocycles. The monoisotopic (exact) mass is 264 g/mol. The Labute approximate surface area is 115 Å². The van der Waals surface area contributed by atoms with Crippen molar-refractivity contribution < 1.29 is 14.3 Å². The molecule has 0 bridgehead atoms. The normalized spacial score (nSPS) is 12.9. The Balaban J connectivity index is 2.86. The number of ether oxygens (including phenoxy) is 2. The van der Waals surface area contributed by atoms with Gasteiger partial charge in [0.15, 0.2) is 0 Å². The van der Waals surface area contributed by atoms with E-state index in [0.29, 0.717) is 6.61 Å². The Hall–Kier alpha value is -1.51. The predicted molar refractivity (Wildman–Crippen MR) is 76.5 cm³/mol. The lowest BCUT2D eigenvalue weighted by Gasteiger charge is -2.23. The maximum atomic E-state index is 12.1. The highest BCUT2D eigenvalue weighted by Crippen LogP contribution is 2.28. The van der Waals surface area contributed by atoms with E-state index in [9.17, 15) is 4.79 Å². The topological polar surface area (TPSA) is 35.5 Å². The summed E-state index contributed by atoms with van der Waals surface area (Å²) in [5.74, 6) is 0.218. The van der Waals surface area contributed by atoms with Gasteiger partial charge in [-0.2, -0.15) is 0 Å². The van der Waals surface area contributed by atoms with Gasteiger partial charge in [0.1, 0.15) is 11.4 Å². The van der Waals surface area contributed by atoms with Crippen LogP contribution in [0.1, 0.15) is 52.5 Å². The summed E-state index contributed by atoms with van der Waals surface area (Å²) in [6.07, 6.45) is 0.940. The van der Waals surface area contributed by atoms with E-state index in [4.69, 9.17) is 9.47 Å². The van der Waals surface area contributed by atoms with Gasteiger partial charge in [-0.15, -0.1) is 0 Å². The lowest BCUT2D eigenvalue weighted by molar-refractivity contribution is -0.156. The minimum atomic E-state index is -0.468. The summed E-state index contributed by atoms with van der Waals surface area (Å²) in [6.45, 7) is 10.2. The van der Waals surface area contributed by atoms with E-state index in [1.807, 2.05) is 52.0 Å². The molecule has 0 aliphatic rings. The minimum Gasteiger partial charge on any atom is -0.493 e. The van der Waals surface area contributed by atoms with Crippen molar-refractivity contribution in [2.75, 3.05) is 6.61 Å². The molecule has 1 rings (SSSR count). The van der Waals surface area contributed by atoms with E-state index in [-0.39, 0.29) is 11.9 Å². The molecule has 0 aliphatic heterocycles. The predicted octanol–water partition coefficient (Wildman–Crippen LogP) is 3.92. The van der Waals surface area contributed by atoms with Gasteiger partial charge in [-0.25, -0.2) is 0 Å². The zero-order valence-electron chi connectivity index (χ0n) is 12.5. The SMILES string of the molecule is CCCOc1ccccc1C(C)C(=O)OC(C)(C)C. The zero-order valence-corrected chi connectivity index (χ0v) is 12.5. The molecule has 1 atom stereocenters. The van der Waals surface area contributed by atoms with Crippen molar-refractivity contribution in [2.45, 2.75) is 52.6 Å². The Morgan fingerprint density at radius 2 is 1.89 bits per heavy atom. The fourth-order valence-corrected chi connectivity index (χ4v) is 1.70. The van der Waals surface area contributed by atoms with E-state index in [0.717, 1.165) is 17.7 Å². The molecule has 3 nitrogen and oxygen atoms in total. The summed E-state index contributed by atoms with van der Waals surface area (Å²) in [5, 5.41) is 0. The van der Waals surface area contributed by atoms with Crippen molar-refractivity contribution in [1.82, 2.24) is 0 Å². The molecule has 3 heteroatoms. The van der Waals surface area contributed by atoms with Crippen LogP contribution in [-0.2, 0) is 9.53 Å². The molecule has 0 saturated carbocycles. The van der Waals surface area contributed by atoms with Gasteiger partial charge < -0.3 is 9.47 Å². The molecule has 0 fully saturated rings. The van der Waals surface area contributed by atoms with Crippen molar-refractivity contribution in [3.63, 3.8) is 0 Å². The molecule has 0 saturated heterocycles. The summed E-state index contributed by atoms with van der Waals surface area (Å²) in [7, 11) is 0. The molecule has 0 heterocycles. The third-order valence-corrected chi connectivity index (χ3v) is 2.61.